The minimum absolute atomic E-state index is 0.438. The predicted molar refractivity (Wildman–Crippen MR) is 140 cm³/mol. The van der Waals surface area contributed by atoms with Gasteiger partial charge in [-0.25, -0.2) is 9.78 Å². The smallest absolute Gasteiger partial charge is 0.328 e. The number of aliphatic carboxylic acids is 1. The summed E-state index contributed by atoms with van der Waals surface area (Å²) in [7, 11) is 0. The van der Waals surface area contributed by atoms with E-state index in [2.05, 4.69) is 41.6 Å². The number of carboxylic acid groups (broad SMARTS) is 1. The number of carbonyl (C=O) groups is 1. The van der Waals surface area contributed by atoms with Gasteiger partial charge in [0.25, 0.3) is 0 Å². The molecule has 0 aliphatic heterocycles. The lowest BCUT2D eigenvalue weighted by molar-refractivity contribution is -0.131. The summed E-state index contributed by atoms with van der Waals surface area (Å²) in [5, 5.41) is 21.3. The minimum Gasteiger partial charge on any atom is -0.478 e. The number of nitrogens with zero attached hydrogens (tertiary/aromatic N) is 2. The number of thiophene rings is 1. The van der Waals surface area contributed by atoms with Gasteiger partial charge in [-0.2, -0.15) is 5.26 Å². The summed E-state index contributed by atoms with van der Waals surface area (Å²) in [5.41, 5.74) is 9.51. The van der Waals surface area contributed by atoms with Crippen LogP contribution >= 0.6 is 22.7 Å². The highest BCUT2D eigenvalue weighted by atomic mass is 32.1. The lowest BCUT2D eigenvalue weighted by Gasteiger charge is -2.32. The Morgan fingerprint density at radius 2 is 1.91 bits per heavy atom. The fraction of sp³-hybridized carbons (Fsp3) is 0.179. The average molecular weight is 483 g/mol. The fourth-order valence-corrected chi connectivity index (χ4v) is 5.96. The molecule has 5 rings (SSSR count). The Balaban J connectivity index is 1.79. The maximum atomic E-state index is 10.9. The maximum absolute atomic E-state index is 10.9. The molecule has 0 saturated heterocycles. The number of hydrogen-bond acceptors (Lipinski definition) is 5. The third-order valence-corrected chi connectivity index (χ3v) is 8.07. The van der Waals surface area contributed by atoms with Crippen LogP contribution in [0.25, 0.3) is 27.4 Å². The molecule has 34 heavy (non-hydrogen) atoms. The first-order valence-electron chi connectivity index (χ1n) is 11.1. The van der Waals surface area contributed by atoms with Gasteiger partial charge in [0.05, 0.1) is 21.3 Å². The Kier molecular flexibility index (Phi) is 6.14. The molecule has 0 amide bonds. The van der Waals surface area contributed by atoms with E-state index in [1.807, 2.05) is 24.3 Å². The Hall–Kier alpha value is -3.53. The molecule has 1 aliphatic carbocycles. The Labute approximate surface area is 206 Å². The third-order valence-electron chi connectivity index (χ3n) is 6.43. The van der Waals surface area contributed by atoms with Crippen LogP contribution in [0, 0.1) is 24.2 Å². The molecule has 1 aliphatic rings. The summed E-state index contributed by atoms with van der Waals surface area (Å²) in [6.07, 6.45) is 6.21. The van der Waals surface area contributed by atoms with E-state index in [4.69, 9.17) is 5.11 Å². The quantitative estimate of drug-likeness (QED) is 0.291. The number of fused-ring (bicyclic) bond motifs is 1. The minimum atomic E-state index is -0.972. The largest absolute Gasteiger partial charge is 0.478 e. The van der Waals surface area contributed by atoms with Crippen molar-refractivity contribution in [1.29, 1.82) is 5.26 Å². The summed E-state index contributed by atoms with van der Waals surface area (Å²) in [6, 6.07) is 16.7. The molecular formula is C28H22N2O2S2. The van der Waals surface area contributed by atoms with Crippen molar-refractivity contribution < 1.29 is 9.90 Å². The van der Waals surface area contributed by atoms with Crippen molar-refractivity contribution in [3.63, 3.8) is 0 Å². The van der Waals surface area contributed by atoms with Gasteiger partial charge in [0, 0.05) is 16.5 Å². The summed E-state index contributed by atoms with van der Waals surface area (Å²) >= 11 is 3.28. The maximum Gasteiger partial charge on any atom is 0.328 e. The van der Waals surface area contributed by atoms with Crippen LogP contribution in [-0.4, -0.2) is 16.1 Å². The molecule has 2 aromatic heterocycles. The van der Waals surface area contributed by atoms with Crippen molar-refractivity contribution in [2.45, 2.75) is 26.2 Å². The monoisotopic (exact) mass is 482 g/mol. The number of allylic oxidation sites excluding steroid dienone is 1. The van der Waals surface area contributed by atoms with Gasteiger partial charge in [0.1, 0.15) is 6.07 Å². The summed E-state index contributed by atoms with van der Waals surface area (Å²) in [5.74, 6) is -0.535. The number of benzene rings is 2. The fourth-order valence-electron chi connectivity index (χ4n) is 4.56. The molecule has 168 valence electrons. The van der Waals surface area contributed by atoms with Crippen LogP contribution in [0.1, 0.15) is 52.0 Å². The van der Waals surface area contributed by atoms with Crippen LogP contribution in [0.5, 0.6) is 0 Å². The van der Waals surface area contributed by atoms with Crippen molar-refractivity contribution in [2.24, 2.45) is 5.92 Å². The number of carboxylic acids is 1. The SMILES string of the molecule is Cc1sccc1/C(=C(\c1ccc(/C=C/C(=O)O)cc1)c1ccc2scnc2c1C#N)C1CCC1. The van der Waals surface area contributed by atoms with Crippen molar-refractivity contribution in [3.8, 4) is 6.07 Å². The second-order valence-electron chi connectivity index (χ2n) is 8.40. The highest BCUT2D eigenvalue weighted by molar-refractivity contribution is 7.16. The van der Waals surface area contributed by atoms with E-state index in [0.717, 1.165) is 51.4 Å². The first-order chi connectivity index (χ1) is 16.6. The Bertz CT molecular complexity index is 1480. The molecule has 1 fully saturated rings. The van der Waals surface area contributed by atoms with E-state index in [1.165, 1.54) is 22.4 Å². The van der Waals surface area contributed by atoms with Crippen molar-refractivity contribution in [3.05, 3.63) is 92.1 Å². The highest BCUT2D eigenvalue weighted by Crippen LogP contribution is 2.47. The molecule has 0 radical (unpaired) electrons. The zero-order valence-electron chi connectivity index (χ0n) is 18.6. The Morgan fingerprint density at radius 3 is 2.53 bits per heavy atom. The summed E-state index contributed by atoms with van der Waals surface area (Å²) in [6.45, 7) is 2.16. The van der Waals surface area contributed by atoms with Crippen LogP contribution in [0.3, 0.4) is 0 Å². The average Bonchev–Trinajstić information content (AvgIpc) is 3.45. The predicted octanol–water partition coefficient (Wildman–Crippen LogP) is 7.39. The van der Waals surface area contributed by atoms with Crippen LogP contribution in [0.15, 0.2) is 59.4 Å². The Morgan fingerprint density at radius 1 is 1.12 bits per heavy atom. The first kappa shape index (κ1) is 22.3. The third kappa shape index (κ3) is 4.09. The molecule has 1 saturated carbocycles. The molecule has 1 N–H and O–H groups in total. The second-order valence-corrected chi connectivity index (χ2v) is 10.4. The molecule has 4 aromatic rings. The van der Waals surface area contributed by atoms with E-state index in [9.17, 15) is 10.1 Å². The standard InChI is InChI=1S/C28H22N2O2S2/c1-17-21(13-14-33-17)26(19-3-2-4-19)27(20-8-5-18(6-9-20)7-12-25(31)32)22-10-11-24-28(23(22)15-29)30-16-34-24/h5-14,16,19H,2-4H2,1H3,(H,31,32)/b12-7+,27-26+. The lowest BCUT2D eigenvalue weighted by Crippen LogP contribution is -2.15. The van der Waals surface area contributed by atoms with Gasteiger partial charge >= 0.3 is 5.97 Å². The van der Waals surface area contributed by atoms with Crippen molar-refractivity contribution >= 4 is 56.1 Å². The molecular weight excluding hydrogens is 460 g/mol. The van der Waals surface area contributed by atoms with Gasteiger partial charge in [-0.1, -0.05) is 36.8 Å². The van der Waals surface area contributed by atoms with E-state index in [-0.39, 0.29) is 0 Å². The molecule has 4 nitrogen and oxygen atoms in total. The van der Waals surface area contributed by atoms with Crippen molar-refractivity contribution in [1.82, 2.24) is 4.98 Å². The van der Waals surface area contributed by atoms with Gasteiger partial charge in [-0.15, -0.1) is 22.7 Å². The molecule has 2 heterocycles. The normalized spacial score (nSPS) is 14.7. The number of hydrogen-bond donors (Lipinski definition) is 1. The molecule has 6 heteroatoms. The number of thiazole rings is 1. The number of aromatic nitrogens is 1. The van der Waals surface area contributed by atoms with Crippen LogP contribution in [0.4, 0.5) is 0 Å². The molecule has 0 spiro atoms. The highest BCUT2D eigenvalue weighted by Gasteiger charge is 2.29. The van der Waals surface area contributed by atoms with Gasteiger partial charge in [-0.05, 0) is 77.1 Å². The van der Waals surface area contributed by atoms with Gasteiger partial charge < -0.3 is 5.11 Å². The number of rotatable bonds is 6. The zero-order valence-corrected chi connectivity index (χ0v) is 20.2. The molecule has 0 unspecified atom stereocenters. The van der Waals surface area contributed by atoms with Gasteiger partial charge in [-0.3, -0.25) is 0 Å². The number of nitriles is 1. The number of aryl methyl sites for hydroxylation is 1. The molecule has 0 atom stereocenters. The lowest BCUT2D eigenvalue weighted by atomic mass is 9.72. The van der Waals surface area contributed by atoms with E-state index in [1.54, 1.807) is 34.3 Å². The van der Waals surface area contributed by atoms with Crippen molar-refractivity contribution in [2.75, 3.05) is 0 Å². The van der Waals surface area contributed by atoms with Gasteiger partial charge in [0.15, 0.2) is 0 Å². The summed E-state index contributed by atoms with van der Waals surface area (Å²) in [4.78, 5) is 16.7. The van der Waals surface area contributed by atoms with E-state index in [0.29, 0.717) is 11.5 Å². The second kappa shape index (κ2) is 9.38. The van der Waals surface area contributed by atoms with E-state index < -0.39 is 5.97 Å². The zero-order chi connectivity index (χ0) is 23.7. The van der Waals surface area contributed by atoms with Gasteiger partial charge in [0.2, 0.25) is 0 Å². The van der Waals surface area contributed by atoms with E-state index >= 15 is 0 Å². The van der Waals surface area contributed by atoms with Crippen LogP contribution < -0.4 is 0 Å². The van der Waals surface area contributed by atoms with Crippen LogP contribution in [0.2, 0.25) is 0 Å². The topological polar surface area (TPSA) is 74.0 Å². The first-order valence-corrected chi connectivity index (χ1v) is 12.9. The molecule has 0 bridgehead atoms. The molecule has 2 aromatic carbocycles. The summed E-state index contributed by atoms with van der Waals surface area (Å²) < 4.78 is 1.01. The van der Waals surface area contributed by atoms with Crippen LogP contribution in [-0.2, 0) is 4.79 Å².